The van der Waals surface area contributed by atoms with Crippen molar-refractivity contribution in [1.29, 1.82) is 0 Å². The number of rotatable bonds is 0. The van der Waals surface area contributed by atoms with Gasteiger partial charge >= 0.3 is 0 Å². The molecule has 25 heavy (non-hydrogen) atoms. The van der Waals surface area contributed by atoms with Gasteiger partial charge in [0.15, 0.2) is 0 Å². The lowest BCUT2D eigenvalue weighted by Crippen LogP contribution is -2.16. The van der Waals surface area contributed by atoms with E-state index in [4.69, 9.17) is 11.6 Å². The summed E-state index contributed by atoms with van der Waals surface area (Å²) >= 11 is 10.2. The van der Waals surface area contributed by atoms with Crippen molar-refractivity contribution in [3.63, 3.8) is 0 Å². The first kappa shape index (κ1) is 15.7. The Morgan fingerprint density at radius 3 is 2.52 bits per heavy atom. The van der Waals surface area contributed by atoms with Gasteiger partial charge in [-0.1, -0.05) is 71.7 Å². The van der Waals surface area contributed by atoms with Crippen LogP contribution in [0.15, 0.2) is 53.0 Å². The summed E-state index contributed by atoms with van der Waals surface area (Å²) in [6.07, 6.45) is 2.20. The molecule has 0 N–H and O–H groups in total. The van der Waals surface area contributed by atoms with Gasteiger partial charge in [0.1, 0.15) is 0 Å². The highest BCUT2D eigenvalue weighted by molar-refractivity contribution is 9.10. The third kappa shape index (κ3) is 2.06. The smallest absolute Gasteiger partial charge is 0.0409 e. The SMILES string of the molecule is CC1(C)c2cc(Cl)ccc2-c2c1cc(Br)c1c2-c2ccccc2CC1. The molecule has 3 aromatic carbocycles. The average molecular weight is 410 g/mol. The van der Waals surface area contributed by atoms with E-state index in [0.29, 0.717) is 0 Å². The fourth-order valence-electron chi connectivity index (χ4n) is 4.64. The summed E-state index contributed by atoms with van der Waals surface area (Å²) in [4.78, 5) is 0. The van der Waals surface area contributed by atoms with E-state index in [1.807, 2.05) is 6.07 Å². The lowest BCUT2D eigenvalue weighted by Gasteiger charge is -2.27. The van der Waals surface area contributed by atoms with Crippen LogP contribution >= 0.6 is 27.5 Å². The molecule has 3 aromatic rings. The summed E-state index contributed by atoms with van der Waals surface area (Å²) in [6, 6.07) is 17.6. The molecule has 2 aliphatic rings. The maximum atomic E-state index is 6.34. The Labute approximate surface area is 162 Å². The second-order valence-electron chi connectivity index (χ2n) is 7.61. The van der Waals surface area contributed by atoms with Crippen molar-refractivity contribution < 1.29 is 0 Å². The van der Waals surface area contributed by atoms with E-state index in [1.165, 1.54) is 49.0 Å². The molecule has 2 aliphatic carbocycles. The van der Waals surface area contributed by atoms with E-state index >= 15 is 0 Å². The van der Waals surface area contributed by atoms with Crippen molar-refractivity contribution in [1.82, 2.24) is 0 Å². The molecule has 0 bridgehead atoms. The molecule has 2 heteroatoms. The van der Waals surface area contributed by atoms with Crippen molar-refractivity contribution in [2.24, 2.45) is 0 Å². The van der Waals surface area contributed by atoms with E-state index in [1.54, 1.807) is 0 Å². The van der Waals surface area contributed by atoms with Crippen LogP contribution in [-0.4, -0.2) is 0 Å². The Kier molecular flexibility index (Phi) is 3.27. The van der Waals surface area contributed by atoms with E-state index in [-0.39, 0.29) is 5.41 Å². The van der Waals surface area contributed by atoms with Crippen molar-refractivity contribution in [2.75, 3.05) is 0 Å². The summed E-state index contributed by atoms with van der Waals surface area (Å²) in [6.45, 7) is 4.61. The molecular weight excluding hydrogens is 392 g/mol. The van der Waals surface area contributed by atoms with Gasteiger partial charge in [-0.25, -0.2) is 0 Å². The minimum atomic E-state index is -0.0422. The average Bonchev–Trinajstić information content (AvgIpc) is 2.82. The van der Waals surface area contributed by atoms with Crippen LogP contribution in [0.4, 0.5) is 0 Å². The predicted molar refractivity (Wildman–Crippen MR) is 110 cm³/mol. The molecule has 0 unspecified atom stereocenters. The van der Waals surface area contributed by atoms with Gasteiger partial charge in [0.2, 0.25) is 0 Å². The molecular formula is C23H18BrCl. The van der Waals surface area contributed by atoms with Crippen molar-refractivity contribution in [3.05, 3.63) is 80.3 Å². The number of hydrogen-bond acceptors (Lipinski definition) is 0. The first-order valence-corrected chi connectivity index (χ1v) is 9.90. The normalized spacial score (nSPS) is 16.0. The van der Waals surface area contributed by atoms with E-state index in [2.05, 4.69) is 72.2 Å². The third-order valence-corrected chi connectivity index (χ3v) is 6.85. The van der Waals surface area contributed by atoms with Crippen LogP contribution in [0.1, 0.15) is 36.1 Å². The van der Waals surface area contributed by atoms with Gasteiger partial charge in [0.05, 0.1) is 0 Å². The van der Waals surface area contributed by atoms with Gasteiger partial charge in [-0.3, -0.25) is 0 Å². The van der Waals surface area contributed by atoms with Gasteiger partial charge in [-0.2, -0.15) is 0 Å². The molecule has 0 heterocycles. The summed E-state index contributed by atoms with van der Waals surface area (Å²) in [5.74, 6) is 0. The highest BCUT2D eigenvalue weighted by Gasteiger charge is 2.39. The third-order valence-electron chi connectivity index (χ3n) is 5.91. The Morgan fingerprint density at radius 2 is 1.68 bits per heavy atom. The standard InChI is InChI=1S/C23H18BrCl/c1-23(2)18-11-14(25)8-10-16(18)22-19(23)12-20(24)17-9-7-13-5-3-4-6-15(13)21(17)22/h3-6,8,10-12H,7,9H2,1-2H3. The van der Waals surface area contributed by atoms with E-state index in [9.17, 15) is 0 Å². The molecule has 0 amide bonds. The van der Waals surface area contributed by atoms with E-state index < -0.39 is 0 Å². The molecule has 5 rings (SSSR count). The predicted octanol–water partition coefficient (Wildman–Crippen LogP) is 7.17. The van der Waals surface area contributed by atoms with Crippen LogP contribution in [0, 0.1) is 0 Å². The largest absolute Gasteiger partial charge is 0.0843 e. The Bertz CT molecular complexity index is 1050. The van der Waals surface area contributed by atoms with Crippen LogP contribution in [-0.2, 0) is 18.3 Å². The minimum Gasteiger partial charge on any atom is -0.0843 e. The topological polar surface area (TPSA) is 0 Å². The molecule has 0 saturated heterocycles. The number of fused-ring (bicyclic) bond motifs is 7. The number of benzene rings is 3. The van der Waals surface area contributed by atoms with Gasteiger partial charge in [0, 0.05) is 14.9 Å². The summed E-state index contributed by atoms with van der Waals surface area (Å²) < 4.78 is 1.24. The van der Waals surface area contributed by atoms with E-state index in [0.717, 1.165) is 17.9 Å². The molecule has 0 aliphatic heterocycles. The molecule has 0 nitrogen and oxygen atoms in total. The quantitative estimate of drug-likeness (QED) is 0.369. The van der Waals surface area contributed by atoms with Crippen LogP contribution < -0.4 is 0 Å². The zero-order valence-corrected chi connectivity index (χ0v) is 16.6. The number of hydrogen-bond donors (Lipinski definition) is 0. The molecule has 0 aromatic heterocycles. The highest BCUT2D eigenvalue weighted by Crippen LogP contribution is 2.56. The minimum absolute atomic E-state index is 0.0422. The summed E-state index contributed by atoms with van der Waals surface area (Å²) in [5.41, 5.74) is 11.1. The molecule has 0 radical (unpaired) electrons. The van der Waals surface area contributed by atoms with Gasteiger partial charge in [-0.15, -0.1) is 0 Å². The molecule has 0 atom stereocenters. The zero-order valence-electron chi connectivity index (χ0n) is 14.3. The fourth-order valence-corrected chi connectivity index (χ4v) is 5.44. The highest BCUT2D eigenvalue weighted by atomic mass is 79.9. The second-order valence-corrected chi connectivity index (χ2v) is 8.90. The number of aryl methyl sites for hydroxylation is 1. The molecule has 0 fully saturated rings. The van der Waals surface area contributed by atoms with Crippen molar-refractivity contribution >= 4 is 27.5 Å². The molecule has 0 spiro atoms. The Morgan fingerprint density at radius 1 is 0.880 bits per heavy atom. The maximum absolute atomic E-state index is 6.34. The summed E-state index contributed by atoms with van der Waals surface area (Å²) in [5, 5.41) is 0.813. The number of halogens is 2. The van der Waals surface area contributed by atoms with Gasteiger partial charge < -0.3 is 0 Å². The summed E-state index contributed by atoms with van der Waals surface area (Å²) in [7, 11) is 0. The second kappa shape index (κ2) is 5.22. The van der Waals surface area contributed by atoms with Crippen LogP contribution in [0.3, 0.4) is 0 Å². The van der Waals surface area contributed by atoms with Crippen molar-refractivity contribution in [3.8, 4) is 22.3 Å². The van der Waals surface area contributed by atoms with Crippen LogP contribution in [0.5, 0.6) is 0 Å². The first-order chi connectivity index (χ1) is 12.0. The Balaban J connectivity index is 1.95. The van der Waals surface area contributed by atoms with Gasteiger partial charge in [0.25, 0.3) is 0 Å². The lowest BCUT2D eigenvalue weighted by atomic mass is 9.78. The molecule has 124 valence electrons. The first-order valence-electron chi connectivity index (χ1n) is 8.73. The van der Waals surface area contributed by atoms with Crippen LogP contribution in [0.2, 0.25) is 5.02 Å². The van der Waals surface area contributed by atoms with Gasteiger partial charge in [-0.05, 0) is 75.5 Å². The molecule has 0 saturated carbocycles. The Hall–Kier alpha value is -1.57. The maximum Gasteiger partial charge on any atom is 0.0409 e. The lowest BCUT2D eigenvalue weighted by molar-refractivity contribution is 0.659. The fraction of sp³-hybridized carbons (Fsp3) is 0.217. The van der Waals surface area contributed by atoms with Crippen molar-refractivity contribution in [2.45, 2.75) is 32.1 Å². The monoisotopic (exact) mass is 408 g/mol. The zero-order chi connectivity index (χ0) is 17.3. The van der Waals surface area contributed by atoms with Crippen LogP contribution in [0.25, 0.3) is 22.3 Å².